The molecule has 1 aromatic carbocycles. The molecule has 3 aliphatic heterocycles. The topological polar surface area (TPSA) is 140 Å². The smallest absolute Gasteiger partial charge is 0.415 e. The molecular formula is C34H38N4O8. The zero-order valence-electron chi connectivity index (χ0n) is 26.2. The maximum atomic E-state index is 13.6. The van der Waals surface area contributed by atoms with Gasteiger partial charge in [0.15, 0.2) is 5.60 Å². The van der Waals surface area contributed by atoms with Crippen molar-refractivity contribution in [1.82, 2.24) is 19.4 Å². The molecular weight excluding hydrogens is 592 g/mol. The van der Waals surface area contributed by atoms with Crippen LogP contribution in [0.25, 0.3) is 22.3 Å². The van der Waals surface area contributed by atoms with Gasteiger partial charge in [-0.05, 0) is 68.4 Å². The molecule has 2 amide bonds. The zero-order chi connectivity index (χ0) is 32.2. The van der Waals surface area contributed by atoms with Crippen LogP contribution in [0.1, 0.15) is 74.6 Å². The number of hydrogen-bond acceptors (Lipinski definition) is 9. The van der Waals surface area contributed by atoms with Crippen LogP contribution in [0.5, 0.6) is 5.75 Å². The molecule has 46 heavy (non-hydrogen) atoms. The molecule has 12 heteroatoms. The molecule has 1 atom stereocenters. The Morgan fingerprint density at radius 2 is 1.72 bits per heavy atom. The summed E-state index contributed by atoms with van der Waals surface area (Å²) < 4.78 is 18.3. The van der Waals surface area contributed by atoms with Gasteiger partial charge in [0.05, 0.1) is 29.0 Å². The Bertz CT molecular complexity index is 1810. The van der Waals surface area contributed by atoms with Crippen molar-refractivity contribution in [2.45, 2.75) is 83.6 Å². The average Bonchev–Trinajstić information content (AvgIpc) is 3.44. The van der Waals surface area contributed by atoms with Gasteiger partial charge in [-0.2, -0.15) is 0 Å². The predicted octanol–water partition coefficient (Wildman–Crippen LogP) is 4.23. The number of carbonyl (C=O) groups excluding carboxylic acids is 3. The summed E-state index contributed by atoms with van der Waals surface area (Å²) in [6.45, 7) is 5.27. The number of piperazine rings is 1. The zero-order valence-corrected chi connectivity index (χ0v) is 26.2. The third-order valence-corrected chi connectivity index (χ3v) is 9.95. The minimum absolute atomic E-state index is 0.0114. The van der Waals surface area contributed by atoms with Crippen molar-refractivity contribution >= 4 is 29.1 Å². The van der Waals surface area contributed by atoms with Crippen molar-refractivity contribution in [2.75, 3.05) is 26.2 Å². The molecule has 0 bridgehead atoms. The lowest BCUT2D eigenvalue weighted by molar-refractivity contribution is -0.172. The summed E-state index contributed by atoms with van der Waals surface area (Å²) in [7, 11) is 0. The van der Waals surface area contributed by atoms with Gasteiger partial charge in [0.25, 0.3) is 5.56 Å². The molecule has 242 valence electrons. The van der Waals surface area contributed by atoms with Crippen LogP contribution in [-0.2, 0) is 39.4 Å². The van der Waals surface area contributed by atoms with E-state index in [1.807, 2.05) is 6.92 Å². The standard InChI is InChI=1S/C34H38N4O8/c1-3-22-23-16-21(46-33(42)37-14-12-36(13-15-37)32(41)45-20-8-6-5-7-9-20)10-11-27(23)35-29-24(22)18-38-28(29)17-26-25(30(38)39)19-44-31(40)34(26,43)4-2/h10-11,16-17,20,43H,3-9,12-15,18-19H2,1-2H3. The van der Waals surface area contributed by atoms with Gasteiger partial charge in [-0.25, -0.2) is 19.4 Å². The Kier molecular flexibility index (Phi) is 7.70. The van der Waals surface area contributed by atoms with E-state index in [-0.39, 0.29) is 41.9 Å². The summed E-state index contributed by atoms with van der Waals surface area (Å²) in [4.78, 5) is 60.0. The monoisotopic (exact) mass is 630 g/mol. The summed E-state index contributed by atoms with van der Waals surface area (Å²) in [6, 6.07) is 6.99. The molecule has 1 saturated carbocycles. The summed E-state index contributed by atoms with van der Waals surface area (Å²) >= 11 is 0. The Balaban J connectivity index is 1.10. The maximum Gasteiger partial charge on any atom is 0.415 e. The van der Waals surface area contributed by atoms with E-state index >= 15 is 0 Å². The quantitative estimate of drug-likeness (QED) is 0.328. The number of cyclic esters (lactones) is 1. The third-order valence-electron chi connectivity index (χ3n) is 9.95. The first-order valence-electron chi connectivity index (χ1n) is 16.3. The number of hydrogen-bond donors (Lipinski definition) is 1. The van der Waals surface area contributed by atoms with E-state index in [9.17, 15) is 24.3 Å². The van der Waals surface area contributed by atoms with E-state index in [0.29, 0.717) is 61.8 Å². The fraction of sp³-hybridized carbons (Fsp3) is 0.500. The Morgan fingerprint density at radius 3 is 2.41 bits per heavy atom. The number of benzene rings is 1. The van der Waals surface area contributed by atoms with Gasteiger partial charge >= 0.3 is 18.2 Å². The number of nitrogens with zero attached hydrogens (tertiary/aromatic N) is 4. The predicted molar refractivity (Wildman–Crippen MR) is 166 cm³/mol. The van der Waals surface area contributed by atoms with E-state index < -0.39 is 17.7 Å². The van der Waals surface area contributed by atoms with Crippen molar-refractivity contribution in [1.29, 1.82) is 0 Å². The van der Waals surface area contributed by atoms with Gasteiger partial charge in [0.2, 0.25) is 0 Å². The number of rotatable bonds is 4. The van der Waals surface area contributed by atoms with Gasteiger partial charge < -0.3 is 33.7 Å². The fourth-order valence-electron chi connectivity index (χ4n) is 7.25. The molecule has 1 unspecified atom stereocenters. The van der Waals surface area contributed by atoms with Crippen molar-refractivity contribution in [3.05, 3.63) is 56.9 Å². The van der Waals surface area contributed by atoms with Crippen molar-refractivity contribution in [3.8, 4) is 17.1 Å². The molecule has 5 heterocycles. The van der Waals surface area contributed by atoms with E-state index in [4.69, 9.17) is 19.2 Å². The van der Waals surface area contributed by atoms with Crippen LogP contribution in [0.4, 0.5) is 9.59 Å². The Labute approximate surface area is 265 Å². The molecule has 4 aliphatic rings. The van der Waals surface area contributed by atoms with Gasteiger partial charge in [-0.3, -0.25) is 4.79 Å². The number of carbonyl (C=O) groups is 3. The molecule has 0 spiro atoms. The minimum Gasteiger partial charge on any atom is -0.458 e. The van der Waals surface area contributed by atoms with E-state index in [2.05, 4.69) is 0 Å². The van der Waals surface area contributed by atoms with Gasteiger partial charge in [-0.15, -0.1) is 0 Å². The molecule has 1 saturated heterocycles. The highest BCUT2D eigenvalue weighted by Gasteiger charge is 2.45. The molecule has 1 N–H and O–H groups in total. The Hall–Kier alpha value is -4.45. The van der Waals surface area contributed by atoms with Crippen LogP contribution >= 0.6 is 0 Å². The molecule has 7 rings (SSSR count). The van der Waals surface area contributed by atoms with E-state index in [1.165, 1.54) is 6.42 Å². The number of amides is 2. The molecule has 2 fully saturated rings. The molecule has 2 aromatic heterocycles. The molecule has 0 radical (unpaired) electrons. The minimum atomic E-state index is -1.89. The number of aliphatic hydroxyl groups is 1. The second-order valence-corrected chi connectivity index (χ2v) is 12.5. The van der Waals surface area contributed by atoms with Gasteiger partial charge in [-0.1, -0.05) is 20.3 Å². The van der Waals surface area contributed by atoms with Gasteiger partial charge in [0, 0.05) is 42.7 Å². The van der Waals surface area contributed by atoms with Gasteiger partial charge in [0.1, 0.15) is 18.5 Å². The second kappa shape index (κ2) is 11.7. The fourth-order valence-corrected chi connectivity index (χ4v) is 7.25. The number of aromatic nitrogens is 2. The highest BCUT2D eigenvalue weighted by molar-refractivity contribution is 5.90. The number of esters is 1. The third kappa shape index (κ3) is 4.99. The van der Waals surface area contributed by atoms with E-state index in [1.54, 1.807) is 45.6 Å². The number of pyridine rings is 2. The first-order valence-corrected chi connectivity index (χ1v) is 16.3. The summed E-state index contributed by atoms with van der Waals surface area (Å²) in [5.74, 6) is -0.383. The first kappa shape index (κ1) is 30.2. The summed E-state index contributed by atoms with van der Waals surface area (Å²) in [6.07, 6.45) is 5.09. The molecule has 1 aliphatic carbocycles. The lowest BCUT2D eigenvalue weighted by Crippen LogP contribution is -2.51. The number of ether oxygens (including phenoxy) is 3. The summed E-state index contributed by atoms with van der Waals surface area (Å²) in [5.41, 5.74) is 2.05. The van der Waals surface area contributed by atoms with Crippen molar-refractivity contribution in [3.63, 3.8) is 0 Å². The normalized spacial score (nSPS) is 21.0. The van der Waals surface area contributed by atoms with Crippen LogP contribution in [0.15, 0.2) is 29.1 Å². The largest absolute Gasteiger partial charge is 0.458 e. The average molecular weight is 631 g/mol. The van der Waals surface area contributed by atoms with Crippen LogP contribution in [0, 0.1) is 0 Å². The molecule has 12 nitrogen and oxygen atoms in total. The highest BCUT2D eigenvalue weighted by atomic mass is 16.6. The summed E-state index contributed by atoms with van der Waals surface area (Å²) in [5, 5.41) is 12.0. The lowest BCUT2D eigenvalue weighted by atomic mass is 9.86. The molecule has 3 aromatic rings. The Morgan fingerprint density at radius 1 is 1.00 bits per heavy atom. The van der Waals surface area contributed by atoms with E-state index in [0.717, 1.165) is 42.2 Å². The van der Waals surface area contributed by atoms with Crippen molar-refractivity contribution < 1.29 is 33.7 Å². The number of aryl methyl sites for hydroxylation is 1. The highest BCUT2D eigenvalue weighted by Crippen LogP contribution is 2.40. The van der Waals surface area contributed by atoms with Crippen molar-refractivity contribution in [2.24, 2.45) is 0 Å². The lowest BCUT2D eigenvalue weighted by Gasteiger charge is -2.34. The first-order chi connectivity index (χ1) is 22.2. The van der Waals surface area contributed by atoms with Crippen LogP contribution in [0.3, 0.4) is 0 Å². The van der Waals surface area contributed by atoms with Crippen LogP contribution in [-0.4, -0.2) is 74.9 Å². The second-order valence-electron chi connectivity index (χ2n) is 12.5. The maximum absolute atomic E-state index is 13.6. The van der Waals surface area contributed by atoms with Crippen LogP contribution < -0.4 is 10.3 Å². The van der Waals surface area contributed by atoms with Crippen LogP contribution in [0.2, 0.25) is 0 Å². The number of fused-ring (bicyclic) bond motifs is 5. The SMILES string of the molecule is CCc1c2c(nc3ccc(OC(=O)N4CCN(C(=O)OC5CCCCC5)CC4)cc13)-c1cc3c(c(=O)n1C2)COC(=O)C3(O)CC.